The summed E-state index contributed by atoms with van der Waals surface area (Å²) < 4.78 is 21.8. The van der Waals surface area contributed by atoms with Crippen LogP contribution in [0.25, 0.3) is 0 Å². The molecule has 0 radical (unpaired) electrons. The number of aliphatic hydroxyl groups excluding tert-OH is 1. The van der Waals surface area contributed by atoms with E-state index in [1.807, 2.05) is 0 Å². The van der Waals surface area contributed by atoms with Gasteiger partial charge in [-0.1, -0.05) is 6.58 Å². The van der Waals surface area contributed by atoms with Crippen LogP contribution in [0.2, 0.25) is 0 Å². The lowest BCUT2D eigenvalue weighted by Crippen LogP contribution is -2.51. The van der Waals surface area contributed by atoms with Crippen molar-refractivity contribution in [1.82, 2.24) is 15.3 Å². The Morgan fingerprint density at radius 1 is 1.20 bits per heavy atom. The van der Waals surface area contributed by atoms with Crippen LogP contribution < -0.4 is 34.6 Å². The summed E-state index contributed by atoms with van der Waals surface area (Å²) in [5.74, 6) is 2.12. The number of rotatable bonds is 8. The highest BCUT2D eigenvalue weighted by Gasteiger charge is 2.33. The molecule has 0 bridgehead atoms. The van der Waals surface area contributed by atoms with Crippen molar-refractivity contribution in [3.8, 4) is 17.2 Å². The van der Waals surface area contributed by atoms with Gasteiger partial charge in [0.1, 0.15) is 5.82 Å². The number of carbonyl (C=O) groups is 1. The van der Waals surface area contributed by atoms with Gasteiger partial charge in [-0.05, 0) is 6.08 Å². The van der Waals surface area contributed by atoms with E-state index in [-0.39, 0.29) is 18.0 Å². The lowest BCUT2D eigenvalue weighted by Gasteiger charge is -2.41. The summed E-state index contributed by atoms with van der Waals surface area (Å²) in [5, 5.41) is 17.2. The molecule has 0 spiro atoms. The first-order valence-corrected chi connectivity index (χ1v) is 11.0. The molecule has 1 saturated heterocycles. The highest BCUT2D eigenvalue weighted by atomic mass is 16.5. The monoisotopic (exact) mass is 486 g/mol. The Morgan fingerprint density at radius 3 is 2.51 bits per heavy atom. The van der Waals surface area contributed by atoms with Gasteiger partial charge in [0.15, 0.2) is 11.5 Å². The van der Waals surface area contributed by atoms with Crippen LogP contribution in [0.5, 0.6) is 17.2 Å². The Kier molecular flexibility index (Phi) is 7.12. The molecule has 1 aromatic carbocycles. The first kappa shape index (κ1) is 24.4. The molecule has 1 aromatic heterocycles. The van der Waals surface area contributed by atoms with Crippen LogP contribution in [0.1, 0.15) is 5.56 Å². The summed E-state index contributed by atoms with van der Waals surface area (Å²) in [4.78, 5) is 24.2. The molecule has 2 aliphatic rings. The number of anilines is 3. The maximum atomic E-state index is 11.7. The second-order valence-electron chi connectivity index (χ2n) is 8.12. The smallest absolute Gasteiger partial charge is 0.243 e. The molecule has 188 valence electrons. The van der Waals surface area contributed by atoms with Crippen molar-refractivity contribution in [1.29, 1.82) is 0 Å². The maximum absolute atomic E-state index is 11.7. The van der Waals surface area contributed by atoms with Crippen LogP contribution in [0.15, 0.2) is 31.0 Å². The minimum Gasteiger partial charge on any atom is -0.493 e. The average Bonchev–Trinajstić information content (AvgIpc) is 3.31. The molecular weight excluding hydrogens is 456 g/mol. The summed E-state index contributed by atoms with van der Waals surface area (Å²) >= 11 is 0. The normalized spacial score (nSPS) is 21.2. The molecule has 4 rings (SSSR count). The third-order valence-electron chi connectivity index (χ3n) is 6.03. The van der Waals surface area contributed by atoms with Gasteiger partial charge in [0.2, 0.25) is 24.0 Å². The summed E-state index contributed by atoms with van der Waals surface area (Å²) in [6.45, 7) is 4.61. The maximum Gasteiger partial charge on any atom is 0.243 e. The van der Waals surface area contributed by atoms with Crippen molar-refractivity contribution in [3.63, 3.8) is 0 Å². The lowest BCUT2D eigenvalue weighted by atomic mass is 10.1. The predicted molar refractivity (Wildman–Crippen MR) is 129 cm³/mol. The lowest BCUT2D eigenvalue weighted by molar-refractivity contribution is -0.117. The SMILES string of the molecule is C=CC(=O)NC1COCC1Nc1ncc2c(n1)N(C)C(O)N(c1cc(OC)c(OC)c(OC)c1)C2. The fourth-order valence-electron chi connectivity index (χ4n) is 4.17. The highest BCUT2D eigenvalue weighted by molar-refractivity contribution is 5.87. The number of nitrogens with zero attached hydrogens (tertiary/aromatic N) is 4. The van der Waals surface area contributed by atoms with Gasteiger partial charge in [0.05, 0.1) is 53.2 Å². The Hall–Kier alpha value is -3.77. The van der Waals surface area contributed by atoms with Crippen LogP contribution in [0.3, 0.4) is 0 Å². The van der Waals surface area contributed by atoms with E-state index < -0.39 is 6.35 Å². The molecule has 3 N–H and O–H groups in total. The van der Waals surface area contributed by atoms with E-state index in [1.165, 1.54) is 13.2 Å². The number of benzene rings is 1. The van der Waals surface area contributed by atoms with Gasteiger partial charge in [-0.3, -0.25) is 4.79 Å². The number of aliphatic hydroxyl groups is 1. The molecule has 3 unspecified atom stereocenters. The Balaban J connectivity index is 1.57. The summed E-state index contributed by atoms with van der Waals surface area (Å²) in [5.41, 5.74) is 1.49. The standard InChI is InChI=1S/C23H30N6O6/c1-6-19(30)25-15-11-35-12-16(15)26-22-24-9-13-10-29(23(31)28(2)21(13)27-22)14-7-17(32-3)20(34-5)18(8-14)33-4/h6-9,15-16,23,31H,1,10-12H2,2-5H3,(H,25,30)(H,24,26,27). The molecule has 2 aliphatic heterocycles. The number of ether oxygens (including phenoxy) is 4. The zero-order valence-electron chi connectivity index (χ0n) is 20.1. The Morgan fingerprint density at radius 2 is 1.89 bits per heavy atom. The number of nitrogens with one attached hydrogen (secondary N) is 2. The zero-order valence-corrected chi connectivity index (χ0v) is 20.1. The van der Waals surface area contributed by atoms with Gasteiger partial charge in [-0.15, -0.1) is 0 Å². The largest absolute Gasteiger partial charge is 0.493 e. The van der Waals surface area contributed by atoms with Gasteiger partial charge in [-0.2, -0.15) is 4.98 Å². The fourth-order valence-corrected chi connectivity index (χ4v) is 4.17. The number of carbonyl (C=O) groups excluding carboxylic acids is 1. The quantitative estimate of drug-likeness (QED) is 0.456. The van der Waals surface area contributed by atoms with E-state index in [0.717, 1.165) is 5.56 Å². The number of fused-ring (bicyclic) bond motifs is 1. The second-order valence-corrected chi connectivity index (χ2v) is 8.12. The van der Waals surface area contributed by atoms with Crippen LogP contribution in [0.4, 0.5) is 17.5 Å². The molecule has 1 amide bonds. The Labute approximate surface area is 203 Å². The summed E-state index contributed by atoms with van der Waals surface area (Å²) in [6.07, 6.45) is 1.92. The number of amides is 1. The number of hydrogen-bond acceptors (Lipinski definition) is 11. The van der Waals surface area contributed by atoms with Crippen molar-refractivity contribution in [3.05, 3.63) is 36.5 Å². The van der Waals surface area contributed by atoms with Gasteiger partial charge in [0, 0.05) is 36.6 Å². The fraction of sp³-hybridized carbons (Fsp3) is 0.435. The Bertz CT molecular complexity index is 1070. The molecule has 3 atom stereocenters. The number of methoxy groups -OCH3 is 3. The summed E-state index contributed by atoms with van der Waals surface area (Å²) in [6, 6.07) is 3.11. The molecule has 12 nitrogen and oxygen atoms in total. The zero-order chi connectivity index (χ0) is 25.1. The van der Waals surface area contributed by atoms with E-state index in [1.54, 1.807) is 49.4 Å². The van der Waals surface area contributed by atoms with Gasteiger partial charge in [0.25, 0.3) is 0 Å². The molecule has 1 fully saturated rings. The topological polar surface area (TPSA) is 131 Å². The van der Waals surface area contributed by atoms with Gasteiger partial charge >= 0.3 is 0 Å². The van der Waals surface area contributed by atoms with Crippen molar-refractivity contribution in [2.45, 2.75) is 25.0 Å². The van der Waals surface area contributed by atoms with E-state index >= 15 is 0 Å². The van der Waals surface area contributed by atoms with E-state index in [4.69, 9.17) is 18.9 Å². The first-order chi connectivity index (χ1) is 16.9. The number of hydrogen-bond donors (Lipinski definition) is 3. The van der Waals surface area contributed by atoms with Crippen LogP contribution in [-0.4, -0.2) is 81.0 Å². The average molecular weight is 487 g/mol. The van der Waals surface area contributed by atoms with Gasteiger partial charge < -0.3 is 44.5 Å². The van der Waals surface area contributed by atoms with Crippen LogP contribution in [0, 0.1) is 0 Å². The minimum absolute atomic E-state index is 0.202. The first-order valence-electron chi connectivity index (χ1n) is 11.0. The van der Waals surface area contributed by atoms with E-state index in [0.29, 0.717) is 54.5 Å². The van der Waals surface area contributed by atoms with E-state index in [9.17, 15) is 9.90 Å². The molecule has 3 heterocycles. The molecule has 2 aromatic rings. The third-order valence-corrected chi connectivity index (χ3v) is 6.03. The highest BCUT2D eigenvalue weighted by Crippen LogP contribution is 2.43. The van der Waals surface area contributed by atoms with Crippen molar-refractivity contribution < 1.29 is 28.8 Å². The predicted octanol–water partition coefficient (Wildman–Crippen LogP) is 0.716. The third kappa shape index (κ3) is 4.75. The van der Waals surface area contributed by atoms with Crippen molar-refractivity contribution in [2.24, 2.45) is 0 Å². The number of aromatic nitrogens is 2. The molecule has 12 heteroatoms. The van der Waals surface area contributed by atoms with Crippen molar-refractivity contribution in [2.75, 3.05) is 56.7 Å². The molecule has 0 saturated carbocycles. The van der Waals surface area contributed by atoms with Gasteiger partial charge in [-0.25, -0.2) is 4.98 Å². The summed E-state index contributed by atoms with van der Waals surface area (Å²) in [7, 11) is 6.37. The molecular formula is C23H30N6O6. The van der Waals surface area contributed by atoms with Crippen LogP contribution in [-0.2, 0) is 16.1 Å². The van der Waals surface area contributed by atoms with Crippen LogP contribution >= 0.6 is 0 Å². The molecule has 0 aliphatic carbocycles. The van der Waals surface area contributed by atoms with E-state index in [2.05, 4.69) is 27.2 Å². The second kappa shape index (κ2) is 10.2. The van der Waals surface area contributed by atoms with Crippen molar-refractivity contribution >= 4 is 23.4 Å². The molecule has 35 heavy (non-hydrogen) atoms. The minimum atomic E-state index is -1.01.